The molecule has 25 heavy (non-hydrogen) atoms. The fourth-order valence-electron chi connectivity index (χ4n) is 2.81. The van der Waals surface area contributed by atoms with E-state index in [0.29, 0.717) is 10.6 Å². The number of benzene rings is 2. The largest absolute Gasteiger partial charge is 0.378 e. The lowest BCUT2D eigenvalue weighted by molar-refractivity contribution is -0.123. The van der Waals surface area contributed by atoms with Gasteiger partial charge in [-0.1, -0.05) is 35.9 Å². The van der Waals surface area contributed by atoms with Crippen LogP contribution in [0.5, 0.6) is 0 Å². The summed E-state index contributed by atoms with van der Waals surface area (Å²) in [5.41, 5.74) is 7.39. The van der Waals surface area contributed by atoms with E-state index in [1.807, 2.05) is 49.3 Å². The highest BCUT2D eigenvalue weighted by molar-refractivity contribution is 6.31. The fraction of sp³-hybridized carbons (Fsp3) is 0.263. The molecule has 1 aliphatic rings. The van der Waals surface area contributed by atoms with Crippen LogP contribution >= 0.6 is 11.6 Å². The minimum absolute atomic E-state index is 0.114. The number of nitrogens with zero attached hydrogens (tertiary/aromatic N) is 1. The van der Waals surface area contributed by atoms with Crippen LogP contribution in [0.4, 0.5) is 5.69 Å². The fourth-order valence-corrected chi connectivity index (χ4v) is 3.09. The summed E-state index contributed by atoms with van der Waals surface area (Å²) in [6.45, 7) is 0. The lowest BCUT2D eigenvalue weighted by Gasteiger charge is -2.13. The van der Waals surface area contributed by atoms with Gasteiger partial charge < -0.3 is 4.90 Å². The van der Waals surface area contributed by atoms with Gasteiger partial charge in [0.2, 0.25) is 5.91 Å². The minimum Gasteiger partial charge on any atom is -0.378 e. The van der Waals surface area contributed by atoms with Crippen LogP contribution < -0.4 is 15.8 Å². The first-order chi connectivity index (χ1) is 12.0. The Balaban J connectivity index is 1.56. The summed E-state index contributed by atoms with van der Waals surface area (Å²) in [7, 11) is 3.81. The van der Waals surface area contributed by atoms with Gasteiger partial charge in [0.1, 0.15) is 0 Å². The first kappa shape index (κ1) is 17.3. The van der Waals surface area contributed by atoms with Crippen molar-refractivity contribution < 1.29 is 9.59 Å². The van der Waals surface area contributed by atoms with Gasteiger partial charge in [-0.25, -0.2) is 0 Å². The number of hydrazine groups is 1. The topological polar surface area (TPSA) is 61.4 Å². The molecule has 6 heteroatoms. The molecule has 2 atom stereocenters. The number of amides is 2. The highest BCUT2D eigenvalue weighted by atomic mass is 35.5. The van der Waals surface area contributed by atoms with Gasteiger partial charge >= 0.3 is 0 Å². The van der Waals surface area contributed by atoms with E-state index in [-0.39, 0.29) is 23.7 Å². The maximum absolute atomic E-state index is 12.2. The molecule has 0 bridgehead atoms. The van der Waals surface area contributed by atoms with Crippen LogP contribution in [0.15, 0.2) is 48.5 Å². The van der Waals surface area contributed by atoms with Crippen LogP contribution in [0.1, 0.15) is 28.3 Å². The summed E-state index contributed by atoms with van der Waals surface area (Å²) >= 11 is 6.17. The van der Waals surface area contributed by atoms with Gasteiger partial charge in [-0.05, 0) is 42.2 Å². The first-order valence-electron chi connectivity index (χ1n) is 8.09. The SMILES string of the molecule is CN(C)c1cccc(C(=O)NNC(=O)C2CC2c2ccccc2Cl)c1. The van der Waals surface area contributed by atoms with E-state index in [4.69, 9.17) is 11.6 Å². The van der Waals surface area contributed by atoms with Crippen molar-refractivity contribution in [2.45, 2.75) is 12.3 Å². The number of hydrogen-bond donors (Lipinski definition) is 2. The number of halogens is 1. The smallest absolute Gasteiger partial charge is 0.269 e. The second-order valence-electron chi connectivity index (χ2n) is 6.36. The average Bonchev–Trinajstić information content (AvgIpc) is 3.40. The van der Waals surface area contributed by atoms with Crippen LogP contribution in [0.25, 0.3) is 0 Å². The predicted octanol–water partition coefficient (Wildman–Crippen LogP) is 2.97. The Kier molecular flexibility index (Phi) is 4.95. The van der Waals surface area contributed by atoms with Crippen molar-refractivity contribution in [1.29, 1.82) is 0 Å². The summed E-state index contributed by atoms with van der Waals surface area (Å²) in [6, 6.07) is 14.7. The molecule has 2 amide bonds. The number of carbonyl (C=O) groups excluding carboxylic acids is 2. The molecule has 2 aromatic carbocycles. The zero-order chi connectivity index (χ0) is 18.0. The second kappa shape index (κ2) is 7.15. The number of nitrogens with one attached hydrogen (secondary N) is 2. The van der Waals surface area contributed by atoms with Crippen molar-refractivity contribution in [2.75, 3.05) is 19.0 Å². The van der Waals surface area contributed by atoms with Crippen LogP contribution in [0.2, 0.25) is 5.02 Å². The third kappa shape index (κ3) is 3.94. The molecular weight excluding hydrogens is 338 g/mol. The van der Waals surface area contributed by atoms with Gasteiger partial charge in [-0.3, -0.25) is 20.4 Å². The summed E-state index contributed by atoms with van der Waals surface area (Å²) in [6.07, 6.45) is 0.738. The van der Waals surface area contributed by atoms with Crippen molar-refractivity contribution in [3.63, 3.8) is 0 Å². The zero-order valence-corrected chi connectivity index (χ0v) is 14.9. The van der Waals surface area contributed by atoms with Crippen molar-refractivity contribution in [2.24, 2.45) is 5.92 Å². The third-order valence-electron chi connectivity index (χ3n) is 4.36. The molecular formula is C19H20ClN3O2. The quantitative estimate of drug-likeness (QED) is 0.827. The van der Waals surface area contributed by atoms with E-state index in [1.54, 1.807) is 18.2 Å². The molecule has 2 unspecified atom stereocenters. The Bertz CT molecular complexity index is 807. The molecule has 0 heterocycles. The Morgan fingerprint density at radius 1 is 1.08 bits per heavy atom. The molecule has 2 N–H and O–H groups in total. The van der Waals surface area contributed by atoms with Crippen LogP contribution in [-0.4, -0.2) is 25.9 Å². The zero-order valence-electron chi connectivity index (χ0n) is 14.1. The molecule has 0 aromatic heterocycles. The Hall–Kier alpha value is -2.53. The Morgan fingerprint density at radius 2 is 1.84 bits per heavy atom. The van der Waals surface area contributed by atoms with E-state index < -0.39 is 0 Å². The molecule has 0 saturated heterocycles. The van der Waals surface area contributed by atoms with E-state index >= 15 is 0 Å². The number of rotatable bonds is 4. The van der Waals surface area contributed by atoms with Gasteiger partial charge in [0.05, 0.1) is 0 Å². The summed E-state index contributed by atoms with van der Waals surface area (Å²) in [5.74, 6) is -0.579. The lowest BCUT2D eigenvalue weighted by atomic mass is 10.1. The molecule has 0 aliphatic heterocycles. The molecule has 1 aliphatic carbocycles. The number of anilines is 1. The molecule has 130 valence electrons. The minimum atomic E-state index is -0.341. The Morgan fingerprint density at radius 3 is 2.56 bits per heavy atom. The molecule has 0 spiro atoms. The predicted molar refractivity (Wildman–Crippen MR) is 98.7 cm³/mol. The molecule has 0 radical (unpaired) electrons. The van der Waals surface area contributed by atoms with Gasteiger partial charge in [0.25, 0.3) is 5.91 Å². The van der Waals surface area contributed by atoms with Crippen LogP contribution in [-0.2, 0) is 4.79 Å². The van der Waals surface area contributed by atoms with E-state index in [0.717, 1.165) is 17.7 Å². The molecule has 1 saturated carbocycles. The Labute approximate surface area is 151 Å². The normalized spacial score (nSPS) is 18.4. The van der Waals surface area contributed by atoms with Crippen molar-refractivity contribution >= 4 is 29.1 Å². The number of hydrogen-bond acceptors (Lipinski definition) is 3. The van der Waals surface area contributed by atoms with Crippen molar-refractivity contribution in [1.82, 2.24) is 10.9 Å². The maximum atomic E-state index is 12.2. The van der Waals surface area contributed by atoms with E-state index in [9.17, 15) is 9.59 Å². The van der Waals surface area contributed by atoms with Gasteiger partial charge in [0.15, 0.2) is 0 Å². The molecule has 1 fully saturated rings. The average molecular weight is 358 g/mol. The van der Waals surface area contributed by atoms with E-state index in [1.165, 1.54) is 0 Å². The standard InChI is InChI=1S/C19H20ClN3O2/c1-23(2)13-7-5-6-12(10-13)18(24)21-22-19(25)16-11-15(16)14-8-3-4-9-17(14)20/h3-10,15-16H,11H2,1-2H3,(H,21,24)(H,22,25). The van der Waals surface area contributed by atoms with Crippen molar-refractivity contribution in [3.8, 4) is 0 Å². The summed E-state index contributed by atoms with van der Waals surface area (Å²) < 4.78 is 0. The maximum Gasteiger partial charge on any atom is 0.269 e. The van der Waals surface area contributed by atoms with E-state index in [2.05, 4.69) is 10.9 Å². The van der Waals surface area contributed by atoms with Gasteiger partial charge in [-0.2, -0.15) is 0 Å². The second-order valence-corrected chi connectivity index (χ2v) is 6.77. The number of carbonyl (C=O) groups is 2. The van der Waals surface area contributed by atoms with Crippen LogP contribution in [0.3, 0.4) is 0 Å². The van der Waals surface area contributed by atoms with Gasteiger partial charge in [0, 0.05) is 36.3 Å². The van der Waals surface area contributed by atoms with Crippen molar-refractivity contribution in [3.05, 3.63) is 64.7 Å². The monoisotopic (exact) mass is 357 g/mol. The lowest BCUT2D eigenvalue weighted by Crippen LogP contribution is -2.42. The molecule has 2 aromatic rings. The summed E-state index contributed by atoms with van der Waals surface area (Å²) in [4.78, 5) is 26.4. The highest BCUT2D eigenvalue weighted by Crippen LogP contribution is 2.49. The summed E-state index contributed by atoms with van der Waals surface area (Å²) in [5, 5.41) is 0.673. The van der Waals surface area contributed by atoms with Gasteiger partial charge in [-0.15, -0.1) is 0 Å². The van der Waals surface area contributed by atoms with Crippen LogP contribution in [0, 0.1) is 5.92 Å². The third-order valence-corrected chi connectivity index (χ3v) is 4.70. The molecule has 3 rings (SSSR count). The first-order valence-corrected chi connectivity index (χ1v) is 8.47. The highest BCUT2D eigenvalue weighted by Gasteiger charge is 2.44. The molecule has 5 nitrogen and oxygen atoms in total.